The summed E-state index contributed by atoms with van der Waals surface area (Å²) in [5, 5.41) is 9.42. The third kappa shape index (κ3) is 7.50. The van der Waals surface area contributed by atoms with Crippen LogP contribution >= 0.6 is 0 Å². The van der Waals surface area contributed by atoms with Crippen molar-refractivity contribution in [1.82, 2.24) is 16.0 Å². The highest BCUT2D eigenvalue weighted by molar-refractivity contribution is 5.97. The highest BCUT2D eigenvalue weighted by atomic mass is 19.1. The molecule has 39 heavy (non-hydrogen) atoms. The van der Waals surface area contributed by atoms with Crippen LogP contribution in [0.5, 0.6) is 5.75 Å². The molecule has 3 N–H and O–H groups in total. The Labute approximate surface area is 230 Å². The number of anilines is 1. The first kappa shape index (κ1) is 27.4. The van der Waals surface area contributed by atoms with Gasteiger partial charge in [0.25, 0.3) is 5.91 Å². The number of carbonyl (C=O) groups excluding carboxylic acids is 2. The first-order chi connectivity index (χ1) is 19.0. The predicted molar refractivity (Wildman–Crippen MR) is 151 cm³/mol. The molecule has 2 amide bonds. The number of piperidine rings is 1. The minimum Gasteiger partial charge on any atom is -0.490 e. The van der Waals surface area contributed by atoms with Crippen molar-refractivity contribution >= 4 is 17.5 Å². The van der Waals surface area contributed by atoms with Crippen LogP contribution in [0, 0.1) is 11.7 Å². The van der Waals surface area contributed by atoms with E-state index >= 15 is 0 Å². The molecule has 5 rings (SSSR count). The number of carbonyl (C=O) groups is 2. The second-order valence-corrected chi connectivity index (χ2v) is 11.2. The Hall–Kier alpha value is -3.13. The highest BCUT2D eigenvalue weighted by Crippen LogP contribution is 2.29. The highest BCUT2D eigenvalue weighted by Gasteiger charge is 2.27. The molecule has 0 radical (unpaired) electrons. The fraction of sp³-hybridized carbons (Fsp3) is 0.548. The van der Waals surface area contributed by atoms with Gasteiger partial charge in [0, 0.05) is 30.9 Å². The van der Waals surface area contributed by atoms with Gasteiger partial charge in [0.05, 0.1) is 0 Å². The van der Waals surface area contributed by atoms with Crippen molar-refractivity contribution in [2.45, 2.75) is 69.9 Å². The topological polar surface area (TPSA) is 82.7 Å². The van der Waals surface area contributed by atoms with E-state index in [-0.39, 0.29) is 23.7 Å². The zero-order chi connectivity index (χ0) is 27.0. The molecular weight excluding hydrogens is 495 g/mol. The molecule has 7 nitrogen and oxygen atoms in total. The van der Waals surface area contributed by atoms with E-state index in [1.807, 2.05) is 18.2 Å². The van der Waals surface area contributed by atoms with Gasteiger partial charge in [-0.05, 0) is 92.7 Å². The summed E-state index contributed by atoms with van der Waals surface area (Å²) >= 11 is 0. The van der Waals surface area contributed by atoms with Crippen LogP contribution < -0.4 is 25.6 Å². The number of rotatable bonds is 10. The lowest BCUT2D eigenvalue weighted by Gasteiger charge is -2.27. The Kier molecular flexibility index (Phi) is 9.35. The van der Waals surface area contributed by atoms with E-state index in [1.165, 1.54) is 25.3 Å². The average Bonchev–Trinajstić information content (AvgIpc) is 3.36. The summed E-state index contributed by atoms with van der Waals surface area (Å²) in [5.74, 6) is 0.611. The number of halogens is 1. The van der Waals surface area contributed by atoms with Crippen molar-refractivity contribution < 1.29 is 18.7 Å². The van der Waals surface area contributed by atoms with Gasteiger partial charge in [-0.1, -0.05) is 32.1 Å². The van der Waals surface area contributed by atoms with Gasteiger partial charge in [0.1, 0.15) is 23.7 Å². The van der Waals surface area contributed by atoms with Gasteiger partial charge in [-0.15, -0.1) is 0 Å². The van der Waals surface area contributed by atoms with Crippen LogP contribution in [-0.2, 0) is 11.2 Å². The number of nitrogens with zero attached hydrogens (tertiary/aromatic N) is 1. The summed E-state index contributed by atoms with van der Waals surface area (Å²) in [6.45, 7) is 3.85. The molecule has 1 saturated carbocycles. The maximum absolute atomic E-state index is 13.6. The van der Waals surface area contributed by atoms with E-state index in [0.717, 1.165) is 68.7 Å². The molecule has 1 atom stereocenters. The van der Waals surface area contributed by atoms with E-state index in [9.17, 15) is 14.0 Å². The van der Waals surface area contributed by atoms with Crippen LogP contribution in [-0.4, -0.2) is 56.7 Å². The van der Waals surface area contributed by atoms with Crippen molar-refractivity contribution in [3.05, 3.63) is 59.4 Å². The first-order valence-electron chi connectivity index (χ1n) is 14.6. The molecule has 0 aromatic heterocycles. The molecule has 1 saturated heterocycles. The standard InChI is InChI=1S/C31H41FN4O3/c32-25-8-11-29-24(21-25)14-18-36(29)19-17-34-31(38)28(20-22-4-2-1-3-5-22)35-30(37)23-6-9-26(10-7-23)39-27-12-15-33-16-13-27/h6-11,21-22,27-28,33H,1-5,12-20H2,(H,34,38)(H,35,37)/t28-/m0/s1. The van der Waals surface area contributed by atoms with Gasteiger partial charge >= 0.3 is 0 Å². The molecule has 0 bridgehead atoms. The second kappa shape index (κ2) is 13.3. The van der Waals surface area contributed by atoms with E-state index in [4.69, 9.17) is 4.74 Å². The lowest BCUT2D eigenvalue weighted by Crippen LogP contribution is -2.49. The van der Waals surface area contributed by atoms with Crippen molar-refractivity contribution in [1.29, 1.82) is 0 Å². The van der Waals surface area contributed by atoms with Gasteiger partial charge in [-0.3, -0.25) is 9.59 Å². The van der Waals surface area contributed by atoms with E-state index < -0.39 is 6.04 Å². The number of ether oxygens (including phenoxy) is 1. The molecule has 2 heterocycles. The minimum absolute atomic E-state index is 0.140. The SMILES string of the molecule is O=C(N[C@@H](CC1CCCCC1)C(=O)NCCN1CCc2cc(F)ccc21)c1ccc(OC2CCNCC2)cc1. The van der Waals surface area contributed by atoms with Crippen LogP contribution in [0.1, 0.15) is 67.3 Å². The lowest BCUT2D eigenvalue weighted by atomic mass is 9.84. The van der Waals surface area contributed by atoms with Gasteiger partial charge in [0.15, 0.2) is 0 Å². The number of fused-ring (bicyclic) bond motifs is 1. The van der Waals surface area contributed by atoms with Crippen LogP contribution in [0.25, 0.3) is 0 Å². The Balaban J connectivity index is 1.16. The lowest BCUT2D eigenvalue weighted by molar-refractivity contribution is -0.123. The van der Waals surface area contributed by atoms with Crippen molar-refractivity contribution in [2.75, 3.05) is 37.6 Å². The molecule has 8 heteroatoms. The Bertz CT molecular complexity index is 1110. The molecule has 2 aromatic rings. The molecule has 2 aromatic carbocycles. The number of nitrogens with one attached hydrogen (secondary N) is 3. The summed E-state index contributed by atoms with van der Waals surface area (Å²) in [5.41, 5.74) is 2.57. The van der Waals surface area contributed by atoms with Crippen LogP contribution in [0.15, 0.2) is 42.5 Å². The van der Waals surface area contributed by atoms with E-state index in [1.54, 1.807) is 18.2 Å². The largest absolute Gasteiger partial charge is 0.490 e. The van der Waals surface area contributed by atoms with Gasteiger partial charge in [0.2, 0.25) is 5.91 Å². The summed E-state index contributed by atoms with van der Waals surface area (Å²) in [7, 11) is 0. The maximum Gasteiger partial charge on any atom is 0.251 e. The van der Waals surface area contributed by atoms with E-state index in [0.29, 0.717) is 31.0 Å². The molecule has 1 aliphatic carbocycles. The zero-order valence-corrected chi connectivity index (χ0v) is 22.7. The normalized spacial score (nSPS) is 18.8. The Morgan fingerprint density at radius 1 is 1.03 bits per heavy atom. The average molecular weight is 537 g/mol. The smallest absolute Gasteiger partial charge is 0.251 e. The minimum atomic E-state index is -0.578. The number of benzene rings is 2. The molecule has 210 valence electrons. The van der Waals surface area contributed by atoms with Gasteiger partial charge in [-0.25, -0.2) is 4.39 Å². The van der Waals surface area contributed by atoms with Crippen molar-refractivity contribution in [3.63, 3.8) is 0 Å². The van der Waals surface area contributed by atoms with Crippen molar-refractivity contribution in [2.24, 2.45) is 5.92 Å². The third-order valence-electron chi connectivity index (χ3n) is 8.34. The molecule has 3 aliphatic rings. The fourth-order valence-corrected chi connectivity index (χ4v) is 6.13. The monoisotopic (exact) mass is 536 g/mol. The van der Waals surface area contributed by atoms with Gasteiger partial charge < -0.3 is 25.6 Å². The van der Waals surface area contributed by atoms with Crippen LogP contribution in [0.2, 0.25) is 0 Å². The summed E-state index contributed by atoms with van der Waals surface area (Å²) in [4.78, 5) is 28.7. The Morgan fingerprint density at radius 3 is 2.56 bits per heavy atom. The summed E-state index contributed by atoms with van der Waals surface area (Å²) < 4.78 is 19.6. The Morgan fingerprint density at radius 2 is 1.79 bits per heavy atom. The number of hydrogen-bond acceptors (Lipinski definition) is 5. The molecule has 0 unspecified atom stereocenters. The summed E-state index contributed by atoms with van der Waals surface area (Å²) in [6, 6.07) is 11.5. The molecule has 2 aliphatic heterocycles. The quantitative estimate of drug-likeness (QED) is 0.424. The second-order valence-electron chi connectivity index (χ2n) is 11.2. The van der Waals surface area contributed by atoms with Crippen LogP contribution in [0.3, 0.4) is 0 Å². The predicted octanol–water partition coefficient (Wildman–Crippen LogP) is 4.20. The van der Waals surface area contributed by atoms with Gasteiger partial charge in [-0.2, -0.15) is 0 Å². The molecule has 2 fully saturated rings. The van der Waals surface area contributed by atoms with E-state index in [2.05, 4.69) is 20.9 Å². The number of hydrogen-bond donors (Lipinski definition) is 3. The number of amides is 2. The first-order valence-corrected chi connectivity index (χ1v) is 14.6. The third-order valence-corrected chi connectivity index (χ3v) is 8.34. The molecular formula is C31H41FN4O3. The zero-order valence-electron chi connectivity index (χ0n) is 22.7. The fourth-order valence-electron chi connectivity index (χ4n) is 6.13. The summed E-state index contributed by atoms with van der Waals surface area (Å²) in [6.07, 6.45) is 9.42. The van der Waals surface area contributed by atoms with Crippen molar-refractivity contribution in [3.8, 4) is 5.75 Å². The maximum atomic E-state index is 13.6. The van der Waals surface area contributed by atoms with Crippen LogP contribution in [0.4, 0.5) is 10.1 Å². The molecule has 0 spiro atoms.